The van der Waals surface area contributed by atoms with Crippen molar-refractivity contribution in [3.8, 4) is 0 Å². The maximum atomic E-state index is 3.78. The van der Waals surface area contributed by atoms with E-state index in [9.17, 15) is 0 Å². The largest absolute Gasteiger partial charge is 2.00 e. The molecule has 0 fully saturated rings. The maximum Gasteiger partial charge on any atom is 2.00 e. The van der Waals surface area contributed by atoms with Gasteiger partial charge in [0.25, 0.3) is 0 Å². The molecule has 0 unspecified atom stereocenters. The SMILES string of the molecule is [Br-].[CH2-]C/C=C(\C)CCC=C(C)C.[Mg+2]. The van der Waals surface area contributed by atoms with Gasteiger partial charge in [0.1, 0.15) is 0 Å². The van der Waals surface area contributed by atoms with Crippen molar-refractivity contribution in [3.05, 3.63) is 30.2 Å². The Kier molecular flexibility index (Phi) is 18.9. The fraction of sp³-hybridized carbons (Fsp3) is 0.545. The average molecular weight is 255 g/mol. The minimum atomic E-state index is 0. The van der Waals surface area contributed by atoms with E-state index in [1.54, 1.807) is 0 Å². The number of hydrogen-bond donors (Lipinski definition) is 0. The van der Waals surface area contributed by atoms with Crippen LogP contribution in [-0.4, -0.2) is 23.1 Å². The molecule has 2 heteroatoms. The molecule has 0 aliphatic rings. The van der Waals surface area contributed by atoms with Gasteiger partial charge in [0.05, 0.1) is 0 Å². The summed E-state index contributed by atoms with van der Waals surface area (Å²) in [5.41, 5.74) is 2.87. The summed E-state index contributed by atoms with van der Waals surface area (Å²) in [6.45, 7) is 10.2. The normalized spacial score (nSPS) is 9.69. The van der Waals surface area contributed by atoms with E-state index < -0.39 is 0 Å². The van der Waals surface area contributed by atoms with Crippen molar-refractivity contribution in [1.29, 1.82) is 0 Å². The molecule has 72 valence electrons. The zero-order valence-corrected chi connectivity index (χ0v) is 12.1. The molecule has 0 saturated carbocycles. The zero-order chi connectivity index (χ0) is 8.69. The van der Waals surface area contributed by atoms with E-state index in [0.29, 0.717) is 0 Å². The van der Waals surface area contributed by atoms with Crippen LogP contribution in [0.3, 0.4) is 0 Å². The molecule has 0 spiro atoms. The first-order valence-corrected chi connectivity index (χ1v) is 4.25. The van der Waals surface area contributed by atoms with E-state index in [1.807, 2.05) is 0 Å². The molecule has 0 aromatic heterocycles. The second kappa shape index (κ2) is 12.7. The van der Waals surface area contributed by atoms with Gasteiger partial charge in [-0.1, -0.05) is 17.2 Å². The van der Waals surface area contributed by atoms with Gasteiger partial charge in [0.15, 0.2) is 0 Å². The van der Waals surface area contributed by atoms with Crippen molar-refractivity contribution in [2.24, 2.45) is 0 Å². The molecular weight excluding hydrogens is 236 g/mol. The van der Waals surface area contributed by atoms with Crippen LogP contribution in [-0.2, 0) is 0 Å². The molecule has 0 atom stereocenters. The summed E-state index contributed by atoms with van der Waals surface area (Å²) in [6.07, 6.45) is 7.74. The van der Waals surface area contributed by atoms with Crippen LogP contribution >= 0.6 is 0 Å². The van der Waals surface area contributed by atoms with Gasteiger partial charge in [0, 0.05) is 0 Å². The Balaban J connectivity index is -0.000000500. The molecule has 0 amide bonds. The molecule has 0 heterocycles. The van der Waals surface area contributed by atoms with Crippen molar-refractivity contribution in [1.82, 2.24) is 0 Å². The van der Waals surface area contributed by atoms with Gasteiger partial charge in [-0.15, -0.1) is 6.08 Å². The maximum absolute atomic E-state index is 3.78. The van der Waals surface area contributed by atoms with Crippen LogP contribution in [0.25, 0.3) is 0 Å². The molecule has 0 aromatic carbocycles. The van der Waals surface area contributed by atoms with Crippen LogP contribution in [0.4, 0.5) is 0 Å². The van der Waals surface area contributed by atoms with Gasteiger partial charge >= 0.3 is 23.1 Å². The third kappa shape index (κ3) is 15.5. The Labute approximate surface area is 110 Å². The van der Waals surface area contributed by atoms with Crippen LogP contribution in [0.15, 0.2) is 23.3 Å². The Hall–Kier alpha value is 0.726. The minimum absolute atomic E-state index is 0. The number of allylic oxidation sites excluding steroid dienone is 4. The quantitative estimate of drug-likeness (QED) is 0.390. The molecule has 0 rings (SSSR count). The Morgan fingerprint density at radius 3 is 2.08 bits per heavy atom. The topological polar surface area (TPSA) is 0 Å². The first-order valence-electron chi connectivity index (χ1n) is 4.25. The summed E-state index contributed by atoms with van der Waals surface area (Å²) >= 11 is 0. The van der Waals surface area contributed by atoms with Crippen molar-refractivity contribution < 1.29 is 17.0 Å². The van der Waals surface area contributed by atoms with Crippen LogP contribution in [0.5, 0.6) is 0 Å². The zero-order valence-electron chi connectivity index (χ0n) is 9.07. The van der Waals surface area contributed by atoms with Crippen LogP contribution in [0.1, 0.15) is 40.0 Å². The average Bonchev–Trinajstić information content (AvgIpc) is 1.87. The fourth-order valence-electron chi connectivity index (χ4n) is 0.937. The molecule has 0 radical (unpaired) electrons. The van der Waals surface area contributed by atoms with Crippen LogP contribution < -0.4 is 17.0 Å². The van der Waals surface area contributed by atoms with Crippen LogP contribution in [0.2, 0.25) is 0 Å². The molecular formula is C11H19BrMg. The van der Waals surface area contributed by atoms with Crippen molar-refractivity contribution in [2.75, 3.05) is 0 Å². The predicted molar refractivity (Wildman–Crippen MR) is 58.2 cm³/mol. The minimum Gasteiger partial charge on any atom is -1.00 e. The molecule has 0 saturated heterocycles. The molecule has 13 heavy (non-hydrogen) atoms. The Morgan fingerprint density at radius 1 is 1.15 bits per heavy atom. The number of rotatable bonds is 4. The standard InChI is InChI=1S/C11H19.BrH.Mg/c1-5-7-11(4)9-6-8-10(2)3;;/h7-8H,1,5-6,9H2,2-4H3;1H;/q-1;;+2/p-1/b11-7+;;. The second-order valence-corrected chi connectivity index (χ2v) is 3.16. The van der Waals surface area contributed by atoms with Gasteiger partial charge in [0.2, 0.25) is 0 Å². The van der Waals surface area contributed by atoms with Gasteiger partial charge in [-0.25, -0.2) is 0 Å². The van der Waals surface area contributed by atoms with E-state index in [2.05, 4.69) is 39.8 Å². The summed E-state index contributed by atoms with van der Waals surface area (Å²) < 4.78 is 0. The fourth-order valence-corrected chi connectivity index (χ4v) is 0.937. The summed E-state index contributed by atoms with van der Waals surface area (Å²) in [5, 5.41) is 0. The molecule has 0 aliphatic heterocycles. The van der Waals surface area contributed by atoms with E-state index in [-0.39, 0.29) is 40.0 Å². The van der Waals surface area contributed by atoms with Crippen molar-refractivity contribution in [2.45, 2.75) is 40.0 Å². The Bertz CT molecular complexity index is 155. The smallest absolute Gasteiger partial charge is 1.00 e. The summed E-state index contributed by atoms with van der Waals surface area (Å²) in [7, 11) is 0. The number of halogens is 1. The first-order chi connectivity index (χ1) is 5.16. The summed E-state index contributed by atoms with van der Waals surface area (Å²) in [6, 6.07) is 0. The third-order valence-corrected chi connectivity index (χ3v) is 1.58. The van der Waals surface area contributed by atoms with E-state index in [1.165, 1.54) is 24.0 Å². The van der Waals surface area contributed by atoms with Crippen molar-refractivity contribution in [3.63, 3.8) is 0 Å². The van der Waals surface area contributed by atoms with E-state index in [0.717, 1.165) is 6.42 Å². The predicted octanol–water partition coefficient (Wildman–Crippen LogP) is 0.526. The van der Waals surface area contributed by atoms with E-state index in [4.69, 9.17) is 0 Å². The second-order valence-electron chi connectivity index (χ2n) is 3.16. The molecule has 0 N–H and O–H groups in total. The van der Waals surface area contributed by atoms with Crippen molar-refractivity contribution >= 4 is 23.1 Å². The molecule has 0 aromatic rings. The molecule has 0 bridgehead atoms. The summed E-state index contributed by atoms with van der Waals surface area (Å²) in [5.74, 6) is 0. The van der Waals surface area contributed by atoms with Crippen LogP contribution in [0, 0.1) is 6.92 Å². The number of hydrogen-bond acceptors (Lipinski definition) is 0. The molecule has 0 nitrogen and oxygen atoms in total. The first kappa shape index (κ1) is 19.3. The summed E-state index contributed by atoms with van der Waals surface area (Å²) in [4.78, 5) is 0. The van der Waals surface area contributed by atoms with E-state index >= 15 is 0 Å². The third-order valence-electron chi connectivity index (χ3n) is 1.58. The monoisotopic (exact) mass is 254 g/mol. The van der Waals surface area contributed by atoms with Gasteiger partial charge < -0.3 is 23.9 Å². The molecule has 0 aliphatic carbocycles. The van der Waals surface area contributed by atoms with Gasteiger partial charge in [-0.05, 0) is 33.6 Å². The van der Waals surface area contributed by atoms with Gasteiger partial charge in [-0.3, -0.25) is 0 Å². The Morgan fingerprint density at radius 2 is 1.69 bits per heavy atom. The van der Waals surface area contributed by atoms with Gasteiger partial charge in [-0.2, -0.15) is 6.42 Å².